The van der Waals surface area contributed by atoms with E-state index >= 15 is 0 Å². The second-order valence-electron chi connectivity index (χ2n) is 3.37. The molecule has 0 bridgehead atoms. The number of hydrogen-bond donors (Lipinski definition) is 2. The third-order valence-electron chi connectivity index (χ3n) is 2.10. The molecule has 0 saturated heterocycles. The van der Waals surface area contributed by atoms with E-state index in [0.717, 1.165) is 0 Å². The lowest BCUT2D eigenvalue weighted by atomic mass is 10.2. The van der Waals surface area contributed by atoms with Crippen molar-refractivity contribution in [2.75, 3.05) is 11.9 Å². The van der Waals surface area contributed by atoms with E-state index < -0.39 is 12.0 Å². The zero-order chi connectivity index (χ0) is 12.0. The van der Waals surface area contributed by atoms with Gasteiger partial charge in [0.25, 0.3) is 5.91 Å². The summed E-state index contributed by atoms with van der Waals surface area (Å²) in [6.07, 6.45) is -0.562. The Balaban J connectivity index is 2.66. The molecule has 1 amide bonds. The smallest absolute Gasteiger partial charge is 0.253 e. The highest BCUT2D eigenvalue weighted by molar-refractivity contribution is 5.94. The first-order valence-corrected chi connectivity index (χ1v) is 5.39. The SMILES string of the molecule is CCOc1cccc(NC(=O)C(O)CC)c1. The summed E-state index contributed by atoms with van der Waals surface area (Å²) in [5, 5.41) is 11.9. The van der Waals surface area contributed by atoms with Gasteiger partial charge in [0.2, 0.25) is 0 Å². The molecule has 0 spiro atoms. The average Bonchev–Trinajstić information content (AvgIpc) is 2.29. The van der Waals surface area contributed by atoms with E-state index in [1.807, 2.05) is 13.0 Å². The number of aliphatic hydroxyl groups excluding tert-OH is 1. The van der Waals surface area contributed by atoms with E-state index in [1.54, 1.807) is 25.1 Å². The Bertz CT molecular complexity index is 352. The number of carbonyl (C=O) groups is 1. The molecule has 0 radical (unpaired) electrons. The van der Waals surface area contributed by atoms with Crippen molar-refractivity contribution < 1.29 is 14.6 Å². The van der Waals surface area contributed by atoms with Gasteiger partial charge in [-0.2, -0.15) is 0 Å². The van der Waals surface area contributed by atoms with E-state index in [4.69, 9.17) is 4.74 Å². The molecule has 88 valence electrons. The van der Waals surface area contributed by atoms with Gasteiger partial charge in [0.1, 0.15) is 11.9 Å². The van der Waals surface area contributed by atoms with Crippen LogP contribution in [-0.4, -0.2) is 23.7 Å². The summed E-state index contributed by atoms with van der Waals surface area (Å²) >= 11 is 0. The van der Waals surface area contributed by atoms with Gasteiger partial charge in [-0.3, -0.25) is 4.79 Å². The maximum atomic E-state index is 11.4. The number of ether oxygens (including phenoxy) is 1. The normalized spacial score (nSPS) is 11.9. The fraction of sp³-hybridized carbons (Fsp3) is 0.417. The summed E-state index contributed by atoms with van der Waals surface area (Å²) in [4.78, 5) is 11.4. The van der Waals surface area contributed by atoms with Crippen LogP contribution in [0.5, 0.6) is 5.75 Å². The van der Waals surface area contributed by atoms with Crippen molar-refractivity contribution in [1.82, 2.24) is 0 Å². The summed E-state index contributed by atoms with van der Waals surface area (Å²) in [6, 6.07) is 7.08. The van der Waals surface area contributed by atoms with E-state index in [1.165, 1.54) is 0 Å². The van der Waals surface area contributed by atoms with Crippen LogP contribution in [0.25, 0.3) is 0 Å². The number of rotatable bonds is 5. The molecule has 0 aliphatic carbocycles. The topological polar surface area (TPSA) is 58.6 Å². The number of anilines is 1. The molecule has 4 nitrogen and oxygen atoms in total. The fourth-order valence-corrected chi connectivity index (χ4v) is 1.24. The molecule has 2 N–H and O–H groups in total. The molecule has 16 heavy (non-hydrogen) atoms. The maximum absolute atomic E-state index is 11.4. The molecule has 0 aromatic heterocycles. The van der Waals surface area contributed by atoms with E-state index in [9.17, 15) is 9.90 Å². The molecule has 1 atom stereocenters. The molecule has 0 aliphatic rings. The summed E-state index contributed by atoms with van der Waals surface area (Å²) in [5.74, 6) is 0.308. The van der Waals surface area contributed by atoms with Crippen molar-refractivity contribution in [3.8, 4) is 5.75 Å². The minimum atomic E-state index is -0.962. The van der Waals surface area contributed by atoms with Crippen LogP contribution in [0.2, 0.25) is 0 Å². The number of benzene rings is 1. The molecule has 1 unspecified atom stereocenters. The lowest BCUT2D eigenvalue weighted by molar-refractivity contribution is -0.124. The highest BCUT2D eigenvalue weighted by Gasteiger charge is 2.12. The first-order chi connectivity index (χ1) is 7.67. The first kappa shape index (κ1) is 12.5. The Morgan fingerprint density at radius 1 is 1.50 bits per heavy atom. The van der Waals surface area contributed by atoms with Crippen molar-refractivity contribution in [3.05, 3.63) is 24.3 Å². The Kier molecular flexibility index (Phi) is 4.79. The number of hydrogen-bond acceptors (Lipinski definition) is 3. The fourth-order valence-electron chi connectivity index (χ4n) is 1.24. The van der Waals surface area contributed by atoms with Crippen molar-refractivity contribution in [2.24, 2.45) is 0 Å². The Morgan fingerprint density at radius 3 is 2.88 bits per heavy atom. The van der Waals surface area contributed by atoms with Crippen LogP contribution < -0.4 is 10.1 Å². The first-order valence-electron chi connectivity index (χ1n) is 5.39. The van der Waals surface area contributed by atoms with Crippen LogP contribution in [0.4, 0.5) is 5.69 Å². The standard InChI is InChI=1S/C12H17NO3/c1-3-11(14)12(15)13-9-6-5-7-10(8-9)16-4-2/h5-8,11,14H,3-4H2,1-2H3,(H,13,15). The quantitative estimate of drug-likeness (QED) is 0.800. The van der Waals surface area contributed by atoms with Crippen molar-refractivity contribution >= 4 is 11.6 Å². The van der Waals surface area contributed by atoms with Gasteiger partial charge in [-0.1, -0.05) is 13.0 Å². The molecule has 1 aromatic carbocycles. The summed E-state index contributed by atoms with van der Waals surface area (Å²) in [6.45, 7) is 4.22. The van der Waals surface area contributed by atoms with Gasteiger partial charge in [-0.15, -0.1) is 0 Å². The van der Waals surface area contributed by atoms with Crippen LogP contribution in [0.3, 0.4) is 0 Å². The largest absolute Gasteiger partial charge is 0.494 e. The Morgan fingerprint density at radius 2 is 2.25 bits per heavy atom. The second kappa shape index (κ2) is 6.12. The molecular weight excluding hydrogens is 206 g/mol. The summed E-state index contributed by atoms with van der Waals surface area (Å²) < 4.78 is 5.30. The van der Waals surface area contributed by atoms with Crippen LogP contribution in [0.15, 0.2) is 24.3 Å². The van der Waals surface area contributed by atoms with Gasteiger partial charge in [0, 0.05) is 11.8 Å². The number of amides is 1. The van der Waals surface area contributed by atoms with Crippen molar-refractivity contribution in [2.45, 2.75) is 26.4 Å². The lowest BCUT2D eigenvalue weighted by Gasteiger charge is -2.10. The van der Waals surface area contributed by atoms with Gasteiger partial charge in [-0.25, -0.2) is 0 Å². The van der Waals surface area contributed by atoms with Gasteiger partial charge < -0.3 is 15.2 Å². The van der Waals surface area contributed by atoms with Crippen LogP contribution in [-0.2, 0) is 4.79 Å². The highest BCUT2D eigenvalue weighted by atomic mass is 16.5. The molecule has 4 heteroatoms. The predicted molar refractivity (Wildman–Crippen MR) is 62.5 cm³/mol. The second-order valence-corrected chi connectivity index (χ2v) is 3.37. The number of carbonyl (C=O) groups excluding carboxylic acids is 1. The average molecular weight is 223 g/mol. The molecule has 1 rings (SSSR count). The van der Waals surface area contributed by atoms with Crippen LogP contribution in [0, 0.1) is 0 Å². The van der Waals surface area contributed by atoms with Gasteiger partial charge in [0.15, 0.2) is 0 Å². The zero-order valence-electron chi connectivity index (χ0n) is 9.56. The monoisotopic (exact) mass is 223 g/mol. The molecule has 0 heterocycles. The van der Waals surface area contributed by atoms with Gasteiger partial charge in [0.05, 0.1) is 6.61 Å². The van der Waals surface area contributed by atoms with Crippen LogP contribution >= 0.6 is 0 Å². The number of nitrogens with one attached hydrogen (secondary N) is 1. The number of aliphatic hydroxyl groups is 1. The van der Waals surface area contributed by atoms with Gasteiger partial charge >= 0.3 is 0 Å². The third kappa shape index (κ3) is 3.55. The van der Waals surface area contributed by atoms with Crippen molar-refractivity contribution in [1.29, 1.82) is 0 Å². The van der Waals surface area contributed by atoms with Gasteiger partial charge in [-0.05, 0) is 25.5 Å². The minimum Gasteiger partial charge on any atom is -0.494 e. The maximum Gasteiger partial charge on any atom is 0.253 e. The molecule has 0 fully saturated rings. The van der Waals surface area contributed by atoms with E-state index in [-0.39, 0.29) is 0 Å². The van der Waals surface area contributed by atoms with E-state index in [0.29, 0.717) is 24.5 Å². The van der Waals surface area contributed by atoms with Crippen LogP contribution in [0.1, 0.15) is 20.3 Å². The molecule has 0 saturated carbocycles. The zero-order valence-corrected chi connectivity index (χ0v) is 9.56. The predicted octanol–water partition coefficient (Wildman–Crippen LogP) is 1.79. The molecular formula is C12H17NO3. The summed E-state index contributed by atoms with van der Waals surface area (Å²) in [5.41, 5.74) is 0.628. The molecule has 1 aromatic rings. The highest BCUT2D eigenvalue weighted by Crippen LogP contribution is 2.17. The third-order valence-corrected chi connectivity index (χ3v) is 2.10. The summed E-state index contributed by atoms with van der Waals surface area (Å²) in [7, 11) is 0. The Labute approximate surface area is 95.2 Å². The minimum absolute atomic E-state index is 0.392. The molecule has 0 aliphatic heterocycles. The van der Waals surface area contributed by atoms with E-state index in [2.05, 4.69) is 5.32 Å². The Hall–Kier alpha value is -1.55. The van der Waals surface area contributed by atoms with Crippen molar-refractivity contribution in [3.63, 3.8) is 0 Å². The lowest BCUT2D eigenvalue weighted by Crippen LogP contribution is -2.26.